The van der Waals surface area contributed by atoms with Gasteiger partial charge in [-0.3, -0.25) is 4.68 Å². The molecule has 0 fully saturated rings. The van der Waals surface area contributed by atoms with Crippen LogP contribution in [0.15, 0.2) is 36.5 Å². The van der Waals surface area contributed by atoms with E-state index in [0.29, 0.717) is 0 Å². The van der Waals surface area contributed by atoms with Crippen molar-refractivity contribution >= 4 is 5.97 Å². The van der Waals surface area contributed by atoms with Crippen LogP contribution < -0.4 is 4.74 Å². The highest BCUT2D eigenvalue weighted by molar-refractivity contribution is 5.76. The SMILES string of the molecule is [2H]C([2H])(Oc1ccccc1C(F)(F)[C@@H](O)C(=O)OCC)c1ccnn1CC(F)(F)F. The zero-order valence-electron chi connectivity index (χ0n) is 16.4. The number of esters is 1. The van der Waals surface area contributed by atoms with Crippen LogP contribution in [0.4, 0.5) is 22.0 Å². The molecule has 0 bridgehead atoms. The fourth-order valence-electron chi connectivity index (χ4n) is 2.17. The molecule has 0 aliphatic rings. The predicted molar refractivity (Wildman–Crippen MR) is 85.6 cm³/mol. The highest BCUT2D eigenvalue weighted by Gasteiger charge is 2.47. The minimum absolute atomic E-state index is 0.268. The van der Waals surface area contributed by atoms with Gasteiger partial charge in [0.1, 0.15) is 18.9 Å². The van der Waals surface area contributed by atoms with Crippen LogP contribution in [0.3, 0.4) is 0 Å². The molecule has 1 heterocycles. The molecule has 0 aliphatic heterocycles. The van der Waals surface area contributed by atoms with Crippen LogP contribution in [-0.4, -0.2) is 39.7 Å². The van der Waals surface area contributed by atoms with Gasteiger partial charge in [0.15, 0.2) is 0 Å². The first-order valence-corrected chi connectivity index (χ1v) is 7.89. The summed E-state index contributed by atoms with van der Waals surface area (Å²) in [7, 11) is 0. The standard InChI is InChI=1S/C17H17F5N2O4/c1-2-27-15(26)14(25)17(21,22)12-5-3-4-6-13(12)28-9-11-7-8-23-24(11)10-16(18,19)20/h3-8,14,25H,2,9-10H2,1H3/t14-/m0/s1/i9D2. The van der Waals surface area contributed by atoms with E-state index in [0.717, 1.165) is 30.5 Å². The topological polar surface area (TPSA) is 73.6 Å². The Morgan fingerprint density at radius 2 is 1.96 bits per heavy atom. The maximum absolute atomic E-state index is 14.7. The number of rotatable bonds is 8. The lowest BCUT2D eigenvalue weighted by Gasteiger charge is -2.23. The molecule has 0 saturated heterocycles. The van der Waals surface area contributed by atoms with Crippen molar-refractivity contribution in [1.82, 2.24) is 9.78 Å². The second-order valence-corrected chi connectivity index (χ2v) is 5.47. The summed E-state index contributed by atoms with van der Waals surface area (Å²) in [6, 6.07) is 4.93. The number of hydrogen-bond acceptors (Lipinski definition) is 5. The van der Waals surface area contributed by atoms with Crippen LogP contribution in [0.5, 0.6) is 5.75 Å². The lowest BCUT2D eigenvalue weighted by atomic mass is 10.0. The third kappa shape index (κ3) is 5.18. The highest BCUT2D eigenvalue weighted by Crippen LogP contribution is 2.38. The Morgan fingerprint density at radius 1 is 1.29 bits per heavy atom. The third-order valence-electron chi connectivity index (χ3n) is 3.41. The quantitative estimate of drug-likeness (QED) is 0.535. The molecule has 11 heteroatoms. The molecule has 0 amide bonds. The normalized spacial score (nSPS) is 14.8. The van der Waals surface area contributed by atoms with Crippen molar-refractivity contribution in [3.8, 4) is 5.75 Å². The molecule has 0 spiro atoms. The molecule has 1 aromatic heterocycles. The van der Waals surface area contributed by atoms with Gasteiger partial charge in [-0.25, -0.2) is 4.79 Å². The van der Waals surface area contributed by atoms with Crippen molar-refractivity contribution in [2.75, 3.05) is 6.61 Å². The Labute approximate surface area is 159 Å². The van der Waals surface area contributed by atoms with Crippen LogP contribution in [0.1, 0.15) is 20.9 Å². The van der Waals surface area contributed by atoms with E-state index in [1.807, 2.05) is 0 Å². The molecule has 1 N–H and O–H groups in total. The molecule has 154 valence electrons. The monoisotopic (exact) mass is 410 g/mol. The molecule has 28 heavy (non-hydrogen) atoms. The number of aromatic nitrogens is 2. The summed E-state index contributed by atoms with van der Waals surface area (Å²) in [4.78, 5) is 11.5. The van der Waals surface area contributed by atoms with Gasteiger partial charge in [-0.15, -0.1) is 0 Å². The van der Waals surface area contributed by atoms with Gasteiger partial charge in [0.2, 0.25) is 6.10 Å². The smallest absolute Gasteiger partial charge is 0.408 e. The zero-order chi connectivity index (χ0) is 22.7. The summed E-state index contributed by atoms with van der Waals surface area (Å²) < 4.78 is 92.9. The van der Waals surface area contributed by atoms with Gasteiger partial charge >= 0.3 is 18.1 Å². The largest absolute Gasteiger partial charge is 0.487 e. The summed E-state index contributed by atoms with van der Waals surface area (Å²) in [5.41, 5.74) is -1.74. The number of aliphatic hydroxyl groups is 1. The van der Waals surface area contributed by atoms with Crippen LogP contribution in [0, 0.1) is 0 Å². The Bertz CT molecular complexity index is 889. The first-order chi connectivity index (χ1) is 13.8. The number of hydrogen-bond donors (Lipinski definition) is 1. The molecule has 2 rings (SSSR count). The minimum atomic E-state index is -4.72. The van der Waals surface area contributed by atoms with E-state index in [-0.39, 0.29) is 11.3 Å². The van der Waals surface area contributed by atoms with Crippen LogP contribution in [0.2, 0.25) is 0 Å². The zero-order valence-corrected chi connectivity index (χ0v) is 14.4. The lowest BCUT2D eigenvalue weighted by molar-refractivity contribution is -0.179. The summed E-state index contributed by atoms with van der Waals surface area (Å²) >= 11 is 0. The molecule has 0 unspecified atom stereocenters. The van der Waals surface area contributed by atoms with Gasteiger partial charge in [0.25, 0.3) is 0 Å². The maximum atomic E-state index is 14.7. The van der Waals surface area contributed by atoms with E-state index < -0.39 is 54.3 Å². The number of nitrogens with zero attached hydrogens (tertiary/aromatic N) is 2. The molecule has 1 aromatic carbocycles. The highest BCUT2D eigenvalue weighted by atomic mass is 19.4. The second kappa shape index (κ2) is 8.55. The summed E-state index contributed by atoms with van der Waals surface area (Å²) in [5.74, 6) is -6.65. The van der Waals surface area contributed by atoms with E-state index in [1.54, 1.807) is 0 Å². The Morgan fingerprint density at radius 3 is 2.61 bits per heavy atom. The average Bonchev–Trinajstić information content (AvgIpc) is 3.08. The molecule has 0 saturated carbocycles. The Hall–Kier alpha value is -2.69. The number of benzene rings is 1. The van der Waals surface area contributed by atoms with Crippen molar-refractivity contribution in [3.63, 3.8) is 0 Å². The summed E-state index contributed by atoms with van der Waals surface area (Å²) in [6.45, 7) is -3.56. The second-order valence-electron chi connectivity index (χ2n) is 5.47. The number of para-hydroxylation sites is 1. The van der Waals surface area contributed by atoms with Crippen LogP contribution in [0.25, 0.3) is 0 Å². The number of halogens is 5. The maximum Gasteiger partial charge on any atom is 0.408 e. The van der Waals surface area contributed by atoms with E-state index in [9.17, 15) is 31.9 Å². The number of aliphatic hydroxyl groups excluding tert-OH is 1. The van der Waals surface area contributed by atoms with Crippen molar-refractivity contribution in [1.29, 1.82) is 0 Å². The number of ether oxygens (including phenoxy) is 2. The summed E-state index contributed by atoms with van der Waals surface area (Å²) in [6.07, 6.45) is -6.73. The molecular formula is C17H17F5N2O4. The molecular weight excluding hydrogens is 391 g/mol. The molecule has 1 atom stereocenters. The molecule has 0 radical (unpaired) electrons. The lowest BCUT2D eigenvalue weighted by Crippen LogP contribution is -2.39. The fourth-order valence-corrected chi connectivity index (χ4v) is 2.17. The van der Waals surface area contributed by atoms with Gasteiger partial charge < -0.3 is 14.6 Å². The van der Waals surface area contributed by atoms with E-state index in [4.69, 9.17) is 7.48 Å². The number of carbonyl (C=O) groups is 1. The number of alkyl halides is 5. The average molecular weight is 410 g/mol. The van der Waals surface area contributed by atoms with Gasteiger partial charge in [-0.2, -0.15) is 27.1 Å². The Balaban J connectivity index is 2.39. The van der Waals surface area contributed by atoms with E-state index in [1.165, 1.54) is 13.0 Å². The van der Waals surface area contributed by atoms with Crippen LogP contribution >= 0.6 is 0 Å². The fraction of sp³-hybridized carbons (Fsp3) is 0.412. The van der Waals surface area contributed by atoms with Crippen molar-refractivity contribution < 1.29 is 44.1 Å². The third-order valence-corrected chi connectivity index (χ3v) is 3.41. The van der Waals surface area contributed by atoms with Gasteiger partial charge in [-0.05, 0) is 25.1 Å². The van der Waals surface area contributed by atoms with Gasteiger partial charge in [0.05, 0.1) is 20.6 Å². The van der Waals surface area contributed by atoms with Gasteiger partial charge in [-0.1, -0.05) is 12.1 Å². The van der Waals surface area contributed by atoms with E-state index >= 15 is 0 Å². The molecule has 2 aromatic rings. The van der Waals surface area contributed by atoms with Crippen LogP contribution in [-0.2, 0) is 28.6 Å². The van der Waals surface area contributed by atoms with Crippen molar-refractivity contribution in [3.05, 3.63) is 47.8 Å². The first-order valence-electron chi connectivity index (χ1n) is 8.89. The molecule has 0 aliphatic carbocycles. The Kier molecular flexibility index (Phi) is 5.70. The first kappa shape index (κ1) is 18.7. The minimum Gasteiger partial charge on any atom is -0.487 e. The number of carbonyl (C=O) groups excluding carboxylic acids is 1. The predicted octanol–water partition coefficient (Wildman–Crippen LogP) is 3.04. The summed E-state index contributed by atoms with van der Waals surface area (Å²) in [5, 5.41) is 13.1. The van der Waals surface area contributed by atoms with Gasteiger partial charge in [0, 0.05) is 6.20 Å². The van der Waals surface area contributed by atoms with Crippen molar-refractivity contribution in [2.45, 2.75) is 38.2 Å². The van der Waals surface area contributed by atoms with E-state index in [2.05, 4.69) is 9.84 Å². The van der Waals surface area contributed by atoms with Crippen molar-refractivity contribution in [2.24, 2.45) is 0 Å². The molecule has 6 nitrogen and oxygen atoms in total.